The summed E-state index contributed by atoms with van der Waals surface area (Å²) in [4.78, 5) is 19.5. The van der Waals surface area contributed by atoms with Crippen molar-refractivity contribution in [1.29, 1.82) is 0 Å². The molecule has 1 saturated carbocycles. The largest absolute Gasteiger partial charge is 0.348 e. The zero-order valence-corrected chi connectivity index (χ0v) is 17.2. The van der Waals surface area contributed by atoms with Gasteiger partial charge in [-0.15, -0.1) is 5.10 Å². The number of fused-ring (bicyclic) bond motifs is 1. The van der Waals surface area contributed by atoms with Crippen LogP contribution < -0.4 is 5.32 Å². The minimum Gasteiger partial charge on any atom is -0.348 e. The number of amides is 1. The maximum Gasteiger partial charge on any atom is 0.273 e. The number of benzene rings is 1. The van der Waals surface area contributed by atoms with Crippen LogP contribution in [-0.2, 0) is 6.54 Å². The highest BCUT2D eigenvalue weighted by Crippen LogP contribution is 2.25. The standard InChI is InChI=1S/C23H28N6O/c30-23(25-19-8-1-2-9-19)21-16-29(27-26-21)20-10-13-28(14-11-20)15-18-6-3-5-17-7-4-12-24-22(17)18/h3-7,12,16,19-20H,1-2,8-11,13-15H2,(H,25,30). The highest BCUT2D eigenvalue weighted by atomic mass is 16.2. The highest BCUT2D eigenvalue weighted by Gasteiger charge is 2.24. The molecule has 1 aliphatic carbocycles. The van der Waals surface area contributed by atoms with Gasteiger partial charge < -0.3 is 5.32 Å². The summed E-state index contributed by atoms with van der Waals surface area (Å²) in [5.41, 5.74) is 2.81. The SMILES string of the molecule is O=C(NC1CCCC1)c1cn(C2CCN(Cc3cccc4cccnc34)CC2)nn1. The van der Waals surface area contributed by atoms with Crippen LogP contribution in [0.25, 0.3) is 10.9 Å². The molecule has 0 atom stereocenters. The lowest BCUT2D eigenvalue weighted by Crippen LogP contribution is -2.34. The average Bonchev–Trinajstić information content (AvgIpc) is 3.47. The van der Waals surface area contributed by atoms with Crippen molar-refractivity contribution in [2.45, 2.75) is 57.2 Å². The fraction of sp³-hybridized carbons (Fsp3) is 0.478. The molecule has 1 aliphatic heterocycles. The summed E-state index contributed by atoms with van der Waals surface area (Å²) >= 11 is 0. The lowest BCUT2D eigenvalue weighted by atomic mass is 10.0. The molecule has 156 valence electrons. The molecule has 1 saturated heterocycles. The van der Waals surface area contributed by atoms with E-state index in [-0.39, 0.29) is 5.91 Å². The van der Waals surface area contributed by atoms with Crippen LogP contribution in [0, 0.1) is 0 Å². The van der Waals surface area contributed by atoms with Crippen molar-refractivity contribution >= 4 is 16.8 Å². The van der Waals surface area contributed by atoms with Crippen molar-refractivity contribution in [3.63, 3.8) is 0 Å². The van der Waals surface area contributed by atoms with Gasteiger partial charge in [0.05, 0.1) is 17.8 Å². The Labute approximate surface area is 176 Å². The molecule has 0 unspecified atom stereocenters. The number of hydrogen-bond acceptors (Lipinski definition) is 5. The lowest BCUT2D eigenvalue weighted by molar-refractivity contribution is 0.0932. The first-order valence-corrected chi connectivity index (χ1v) is 11.0. The number of piperidine rings is 1. The van der Waals surface area contributed by atoms with Gasteiger partial charge in [-0.2, -0.15) is 0 Å². The number of pyridine rings is 1. The van der Waals surface area contributed by atoms with Crippen LogP contribution in [0.5, 0.6) is 0 Å². The maximum atomic E-state index is 12.4. The Balaban J connectivity index is 1.18. The smallest absolute Gasteiger partial charge is 0.273 e. The van der Waals surface area contributed by atoms with Gasteiger partial charge in [0.15, 0.2) is 5.69 Å². The van der Waals surface area contributed by atoms with Gasteiger partial charge in [-0.1, -0.05) is 42.3 Å². The van der Waals surface area contributed by atoms with Gasteiger partial charge in [-0.3, -0.25) is 14.7 Å². The van der Waals surface area contributed by atoms with Crippen LogP contribution in [0.2, 0.25) is 0 Å². The van der Waals surface area contributed by atoms with Gasteiger partial charge in [-0.05, 0) is 37.3 Å². The monoisotopic (exact) mass is 404 g/mol. The quantitative estimate of drug-likeness (QED) is 0.706. The Hall–Kier alpha value is -2.80. The molecule has 3 aromatic rings. The molecule has 0 radical (unpaired) electrons. The van der Waals surface area contributed by atoms with Crippen molar-refractivity contribution in [2.75, 3.05) is 13.1 Å². The van der Waals surface area contributed by atoms with E-state index in [0.29, 0.717) is 17.8 Å². The molecule has 30 heavy (non-hydrogen) atoms. The van der Waals surface area contributed by atoms with Gasteiger partial charge in [-0.25, -0.2) is 4.68 Å². The maximum absolute atomic E-state index is 12.4. The summed E-state index contributed by atoms with van der Waals surface area (Å²) in [6.07, 6.45) is 10.2. The average molecular weight is 405 g/mol. The van der Waals surface area contributed by atoms with Crippen molar-refractivity contribution in [3.05, 3.63) is 54.0 Å². The van der Waals surface area contributed by atoms with E-state index < -0.39 is 0 Å². The van der Waals surface area contributed by atoms with Gasteiger partial charge in [0.1, 0.15) is 0 Å². The predicted molar refractivity (Wildman–Crippen MR) is 115 cm³/mol. The number of aromatic nitrogens is 4. The molecule has 0 bridgehead atoms. The van der Waals surface area contributed by atoms with Crippen LogP contribution in [0.3, 0.4) is 0 Å². The normalized spacial score (nSPS) is 18.8. The lowest BCUT2D eigenvalue weighted by Gasteiger charge is -2.31. The molecule has 2 fully saturated rings. The highest BCUT2D eigenvalue weighted by molar-refractivity contribution is 5.92. The summed E-state index contributed by atoms with van der Waals surface area (Å²) in [7, 11) is 0. The Morgan fingerprint density at radius 1 is 1.07 bits per heavy atom. The van der Waals surface area contributed by atoms with E-state index in [2.05, 4.69) is 49.8 Å². The summed E-state index contributed by atoms with van der Waals surface area (Å²) < 4.78 is 1.89. The Morgan fingerprint density at radius 3 is 2.70 bits per heavy atom. The minimum absolute atomic E-state index is 0.0889. The van der Waals surface area contributed by atoms with Gasteiger partial charge in [0.25, 0.3) is 5.91 Å². The second-order valence-electron chi connectivity index (χ2n) is 8.54. The van der Waals surface area contributed by atoms with Gasteiger partial charge in [0, 0.05) is 37.3 Å². The van der Waals surface area contributed by atoms with Gasteiger partial charge in [0.2, 0.25) is 0 Å². The second-order valence-corrected chi connectivity index (χ2v) is 8.54. The second kappa shape index (κ2) is 8.52. The molecule has 1 amide bonds. The first-order chi connectivity index (χ1) is 14.8. The molecule has 7 nitrogen and oxygen atoms in total. The molecule has 3 heterocycles. The predicted octanol–water partition coefficient (Wildman–Crippen LogP) is 3.34. The molecular formula is C23H28N6O. The van der Waals surface area contributed by atoms with E-state index in [1.807, 2.05) is 23.1 Å². The number of carbonyl (C=O) groups is 1. The topological polar surface area (TPSA) is 75.9 Å². The number of nitrogens with one attached hydrogen (secondary N) is 1. The minimum atomic E-state index is -0.0889. The number of hydrogen-bond donors (Lipinski definition) is 1. The third-order valence-corrected chi connectivity index (χ3v) is 6.47. The third kappa shape index (κ3) is 4.07. The van der Waals surface area contributed by atoms with Crippen molar-refractivity contribution in [2.24, 2.45) is 0 Å². The Kier molecular flexibility index (Phi) is 5.45. The van der Waals surface area contributed by atoms with E-state index in [0.717, 1.165) is 50.8 Å². The molecule has 1 aromatic carbocycles. The summed E-state index contributed by atoms with van der Waals surface area (Å²) in [5, 5.41) is 12.7. The molecule has 1 N–H and O–H groups in total. The van der Waals surface area contributed by atoms with Crippen LogP contribution in [-0.4, -0.2) is 49.9 Å². The summed E-state index contributed by atoms with van der Waals surface area (Å²) in [5.74, 6) is -0.0889. The summed E-state index contributed by atoms with van der Waals surface area (Å²) in [6, 6.07) is 11.1. The van der Waals surface area contributed by atoms with E-state index in [1.54, 1.807) is 0 Å². The van der Waals surface area contributed by atoms with E-state index >= 15 is 0 Å². The van der Waals surface area contributed by atoms with E-state index in [9.17, 15) is 4.79 Å². The zero-order valence-electron chi connectivity index (χ0n) is 17.2. The van der Waals surface area contributed by atoms with E-state index in [4.69, 9.17) is 0 Å². The third-order valence-electron chi connectivity index (χ3n) is 6.47. The Morgan fingerprint density at radius 2 is 1.87 bits per heavy atom. The molecule has 2 aliphatic rings. The first-order valence-electron chi connectivity index (χ1n) is 11.0. The number of nitrogens with zero attached hydrogens (tertiary/aromatic N) is 5. The van der Waals surface area contributed by atoms with Crippen LogP contribution in [0.4, 0.5) is 0 Å². The van der Waals surface area contributed by atoms with Gasteiger partial charge >= 0.3 is 0 Å². The van der Waals surface area contributed by atoms with Crippen LogP contribution in [0.1, 0.15) is 60.6 Å². The molecular weight excluding hydrogens is 376 g/mol. The van der Waals surface area contributed by atoms with Crippen molar-refractivity contribution in [3.8, 4) is 0 Å². The summed E-state index contributed by atoms with van der Waals surface area (Å²) in [6.45, 7) is 2.90. The van der Waals surface area contributed by atoms with Crippen molar-refractivity contribution in [1.82, 2.24) is 30.2 Å². The zero-order chi connectivity index (χ0) is 20.3. The first kappa shape index (κ1) is 19.2. The number of likely N-dealkylation sites (tertiary alicyclic amines) is 1. The molecule has 5 rings (SSSR count). The number of rotatable bonds is 5. The van der Waals surface area contributed by atoms with Crippen molar-refractivity contribution < 1.29 is 4.79 Å². The number of carbonyl (C=O) groups excluding carboxylic acids is 1. The molecule has 7 heteroatoms. The van der Waals surface area contributed by atoms with Crippen LogP contribution in [0.15, 0.2) is 42.7 Å². The Bertz CT molecular complexity index is 1010. The molecule has 2 aromatic heterocycles. The van der Waals surface area contributed by atoms with Crippen LogP contribution >= 0.6 is 0 Å². The number of para-hydroxylation sites is 1. The fourth-order valence-electron chi connectivity index (χ4n) is 4.77. The molecule has 0 spiro atoms. The fourth-order valence-corrected chi connectivity index (χ4v) is 4.77. The van der Waals surface area contributed by atoms with E-state index in [1.165, 1.54) is 23.8 Å².